The molecule has 2 rings (SSSR count). The summed E-state index contributed by atoms with van der Waals surface area (Å²) in [7, 11) is 2.04. The van der Waals surface area contributed by atoms with E-state index in [1.807, 2.05) is 20.9 Å². The van der Waals surface area contributed by atoms with E-state index in [0.717, 1.165) is 11.1 Å². The molecule has 0 amide bonds. The van der Waals surface area contributed by atoms with Crippen molar-refractivity contribution >= 4 is 0 Å². The predicted octanol–water partition coefficient (Wildman–Crippen LogP) is 4.92. The zero-order valence-corrected chi connectivity index (χ0v) is 13.5. The lowest BCUT2D eigenvalue weighted by Gasteiger charge is -2.44. The van der Waals surface area contributed by atoms with Gasteiger partial charge in [0.2, 0.25) is 0 Å². The Hall–Kier alpha value is -0.890. The molecule has 1 N–H and O–H groups in total. The number of halogens is 1. The second-order valence-electron chi connectivity index (χ2n) is 7.06. The molecule has 2 heteroatoms. The summed E-state index contributed by atoms with van der Waals surface area (Å²) >= 11 is 0. The first-order chi connectivity index (χ1) is 9.36. The summed E-state index contributed by atoms with van der Waals surface area (Å²) in [6, 6.07) is 3.66. The Morgan fingerprint density at radius 2 is 1.80 bits per heavy atom. The Balaban J connectivity index is 2.42. The van der Waals surface area contributed by atoms with Crippen LogP contribution in [0, 0.1) is 31.0 Å². The molecule has 0 aliphatic heterocycles. The summed E-state index contributed by atoms with van der Waals surface area (Å²) in [5.74, 6) is 0.491. The molecule has 2 unspecified atom stereocenters. The summed E-state index contributed by atoms with van der Waals surface area (Å²) in [5.41, 5.74) is 3.79. The first-order valence-corrected chi connectivity index (χ1v) is 7.80. The van der Waals surface area contributed by atoms with E-state index >= 15 is 0 Å². The Morgan fingerprint density at radius 1 is 1.20 bits per heavy atom. The van der Waals surface area contributed by atoms with Crippen molar-refractivity contribution in [1.82, 2.24) is 5.32 Å². The zero-order chi connectivity index (χ0) is 14.9. The van der Waals surface area contributed by atoms with Gasteiger partial charge in [0.05, 0.1) is 0 Å². The van der Waals surface area contributed by atoms with Gasteiger partial charge in [-0.25, -0.2) is 4.39 Å². The molecule has 1 aliphatic rings. The van der Waals surface area contributed by atoms with E-state index in [0.29, 0.717) is 17.4 Å². The number of hydrogen-bond acceptors (Lipinski definition) is 1. The fraction of sp³-hybridized carbons (Fsp3) is 0.667. The van der Waals surface area contributed by atoms with Crippen LogP contribution >= 0.6 is 0 Å². The lowest BCUT2D eigenvalue weighted by Crippen LogP contribution is -2.38. The maximum absolute atomic E-state index is 13.5. The van der Waals surface area contributed by atoms with Gasteiger partial charge in [-0.15, -0.1) is 0 Å². The minimum absolute atomic E-state index is 0.124. The first-order valence-electron chi connectivity index (χ1n) is 7.80. The third-order valence-electron chi connectivity index (χ3n) is 5.17. The second-order valence-corrected chi connectivity index (χ2v) is 7.06. The maximum atomic E-state index is 13.5. The normalized spacial score (nSPS) is 23.6. The fourth-order valence-corrected chi connectivity index (χ4v) is 4.10. The molecular weight excluding hydrogens is 249 g/mol. The minimum atomic E-state index is -0.124. The largest absolute Gasteiger partial charge is 0.313 e. The highest BCUT2D eigenvalue weighted by Gasteiger charge is 2.38. The van der Waals surface area contributed by atoms with Gasteiger partial charge in [-0.1, -0.05) is 26.7 Å². The SMILES string of the molecule is CNC(c1c(C)cc(F)cc1C)C1CCCCC1(C)C. The highest BCUT2D eigenvalue weighted by Crippen LogP contribution is 2.47. The van der Waals surface area contributed by atoms with Gasteiger partial charge < -0.3 is 5.32 Å². The van der Waals surface area contributed by atoms with Gasteiger partial charge in [-0.3, -0.25) is 0 Å². The zero-order valence-electron chi connectivity index (χ0n) is 13.5. The molecule has 0 spiro atoms. The molecular formula is C18H28FN. The highest BCUT2D eigenvalue weighted by atomic mass is 19.1. The average Bonchev–Trinajstić information content (AvgIpc) is 2.34. The van der Waals surface area contributed by atoms with Crippen LogP contribution in [-0.2, 0) is 0 Å². The molecule has 112 valence electrons. The summed E-state index contributed by atoms with van der Waals surface area (Å²) in [6.45, 7) is 8.84. The molecule has 0 radical (unpaired) electrons. The van der Waals surface area contributed by atoms with Crippen LogP contribution in [0.1, 0.15) is 62.3 Å². The Morgan fingerprint density at radius 3 is 2.30 bits per heavy atom. The van der Waals surface area contributed by atoms with Gasteiger partial charge in [0.15, 0.2) is 0 Å². The van der Waals surface area contributed by atoms with E-state index in [4.69, 9.17) is 0 Å². The van der Waals surface area contributed by atoms with Crippen LogP contribution in [0.2, 0.25) is 0 Å². The minimum Gasteiger partial charge on any atom is -0.313 e. The summed E-state index contributed by atoms with van der Waals surface area (Å²) in [6.07, 6.45) is 5.19. The molecule has 1 aliphatic carbocycles. The van der Waals surface area contributed by atoms with Crippen molar-refractivity contribution in [1.29, 1.82) is 0 Å². The molecule has 1 aromatic carbocycles. The van der Waals surface area contributed by atoms with Gasteiger partial charge in [0.25, 0.3) is 0 Å². The van der Waals surface area contributed by atoms with E-state index in [1.165, 1.54) is 31.2 Å². The molecule has 1 saturated carbocycles. The molecule has 0 saturated heterocycles. The highest BCUT2D eigenvalue weighted by molar-refractivity contribution is 5.37. The van der Waals surface area contributed by atoms with Crippen molar-refractivity contribution in [3.63, 3.8) is 0 Å². The lowest BCUT2D eigenvalue weighted by molar-refractivity contribution is 0.101. The van der Waals surface area contributed by atoms with Crippen LogP contribution in [0.3, 0.4) is 0 Å². The van der Waals surface area contributed by atoms with Crippen molar-refractivity contribution in [2.45, 2.75) is 59.4 Å². The maximum Gasteiger partial charge on any atom is 0.123 e. The fourth-order valence-electron chi connectivity index (χ4n) is 4.10. The molecule has 1 nitrogen and oxygen atoms in total. The van der Waals surface area contributed by atoms with Crippen LogP contribution in [0.5, 0.6) is 0 Å². The number of aryl methyl sites for hydroxylation is 2. The van der Waals surface area contributed by atoms with Crippen LogP contribution in [-0.4, -0.2) is 7.05 Å². The molecule has 20 heavy (non-hydrogen) atoms. The van der Waals surface area contributed by atoms with Crippen molar-refractivity contribution < 1.29 is 4.39 Å². The number of hydrogen-bond donors (Lipinski definition) is 1. The van der Waals surface area contributed by atoms with E-state index in [-0.39, 0.29) is 5.82 Å². The summed E-state index contributed by atoms with van der Waals surface area (Å²) in [5, 5.41) is 3.52. The second kappa shape index (κ2) is 5.85. The molecule has 0 heterocycles. The number of nitrogens with one attached hydrogen (secondary N) is 1. The molecule has 0 aromatic heterocycles. The van der Waals surface area contributed by atoms with E-state index in [1.54, 1.807) is 12.1 Å². The Kier molecular flexibility index (Phi) is 4.53. The van der Waals surface area contributed by atoms with E-state index < -0.39 is 0 Å². The first kappa shape index (κ1) is 15.5. The van der Waals surface area contributed by atoms with Crippen molar-refractivity contribution in [2.75, 3.05) is 7.05 Å². The molecule has 0 bridgehead atoms. The van der Waals surface area contributed by atoms with E-state index in [2.05, 4.69) is 19.2 Å². The Bertz CT molecular complexity index is 455. The monoisotopic (exact) mass is 277 g/mol. The van der Waals surface area contributed by atoms with Crippen LogP contribution in [0.15, 0.2) is 12.1 Å². The van der Waals surface area contributed by atoms with Crippen LogP contribution in [0.25, 0.3) is 0 Å². The smallest absolute Gasteiger partial charge is 0.123 e. The standard InChI is InChI=1S/C18H28FN/c1-12-10-14(19)11-13(2)16(12)17(20-5)15-8-6-7-9-18(15,3)4/h10-11,15,17,20H,6-9H2,1-5H3. The predicted molar refractivity (Wildman–Crippen MR) is 83.4 cm³/mol. The lowest BCUT2D eigenvalue weighted by atomic mass is 9.64. The van der Waals surface area contributed by atoms with Crippen molar-refractivity contribution in [2.24, 2.45) is 11.3 Å². The topological polar surface area (TPSA) is 12.0 Å². The van der Waals surface area contributed by atoms with Crippen molar-refractivity contribution in [3.8, 4) is 0 Å². The molecule has 1 fully saturated rings. The van der Waals surface area contributed by atoms with Gasteiger partial charge in [0.1, 0.15) is 5.82 Å². The third kappa shape index (κ3) is 2.90. The summed E-state index contributed by atoms with van der Waals surface area (Å²) < 4.78 is 13.5. The van der Waals surface area contributed by atoms with Gasteiger partial charge >= 0.3 is 0 Å². The third-order valence-corrected chi connectivity index (χ3v) is 5.17. The van der Waals surface area contributed by atoms with Crippen molar-refractivity contribution in [3.05, 3.63) is 34.6 Å². The summed E-state index contributed by atoms with van der Waals surface area (Å²) in [4.78, 5) is 0. The van der Waals surface area contributed by atoms with Gasteiger partial charge in [-0.2, -0.15) is 0 Å². The van der Waals surface area contributed by atoms with E-state index in [9.17, 15) is 4.39 Å². The number of rotatable bonds is 3. The average molecular weight is 277 g/mol. The Labute approximate surface area is 123 Å². The molecule has 2 atom stereocenters. The quantitative estimate of drug-likeness (QED) is 0.827. The molecule has 1 aromatic rings. The van der Waals surface area contributed by atoms with Gasteiger partial charge in [-0.05, 0) is 73.9 Å². The van der Waals surface area contributed by atoms with Crippen LogP contribution < -0.4 is 5.32 Å². The van der Waals surface area contributed by atoms with Crippen LogP contribution in [0.4, 0.5) is 4.39 Å². The number of benzene rings is 1. The van der Waals surface area contributed by atoms with Gasteiger partial charge in [0, 0.05) is 6.04 Å².